The average molecular weight is 443 g/mol. The van der Waals surface area contributed by atoms with Gasteiger partial charge in [0.1, 0.15) is 0 Å². The molecule has 4 aromatic heterocycles. The zero-order valence-corrected chi connectivity index (χ0v) is 19.3. The number of ether oxygens (including phenoxy) is 1. The molecule has 0 bridgehead atoms. The topological polar surface area (TPSA) is 85.5 Å². The zero-order chi connectivity index (χ0) is 23.1. The quantitative estimate of drug-likeness (QED) is 0.480. The zero-order valence-electron chi connectivity index (χ0n) is 19.3. The summed E-state index contributed by atoms with van der Waals surface area (Å²) in [4.78, 5) is 28.7. The van der Waals surface area contributed by atoms with Gasteiger partial charge in [-0.1, -0.05) is 6.07 Å². The smallest absolute Gasteiger partial charge is 0.274 e. The predicted octanol–water partition coefficient (Wildman–Crippen LogP) is 3.18. The molecule has 0 aromatic carbocycles. The number of rotatable bonds is 4. The minimum Gasteiger partial charge on any atom is -0.378 e. The highest BCUT2D eigenvalue weighted by molar-refractivity contribution is 5.64. The highest BCUT2D eigenvalue weighted by Crippen LogP contribution is 2.28. The maximum Gasteiger partial charge on any atom is 0.274 e. The maximum absolute atomic E-state index is 12.6. The summed E-state index contributed by atoms with van der Waals surface area (Å²) in [5.74, 6) is 0.784. The van der Waals surface area contributed by atoms with Gasteiger partial charge in [0.2, 0.25) is 0 Å². The van der Waals surface area contributed by atoms with Crippen LogP contribution < -0.4 is 10.5 Å². The molecule has 4 aromatic rings. The third-order valence-electron chi connectivity index (χ3n) is 5.99. The predicted molar refractivity (Wildman–Crippen MR) is 126 cm³/mol. The van der Waals surface area contributed by atoms with Crippen molar-refractivity contribution in [1.82, 2.24) is 24.6 Å². The minimum absolute atomic E-state index is 0.212. The van der Waals surface area contributed by atoms with Crippen LogP contribution in [-0.4, -0.2) is 38.2 Å². The largest absolute Gasteiger partial charge is 0.378 e. The Morgan fingerprint density at radius 3 is 2.67 bits per heavy atom. The van der Waals surface area contributed by atoms with E-state index in [2.05, 4.69) is 39.0 Å². The fraction of sp³-hybridized carbons (Fsp3) is 0.320. The molecule has 0 saturated carbocycles. The molecule has 0 unspecified atom stereocenters. The first-order valence-electron chi connectivity index (χ1n) is 11.0. The highest BCUT2D eigenvalue weighted by atomic mass is 16.5. The second-order valence-corrected chi connectivity index (χ2v) is 8.62. The fourth-order valence-corrected chi connectivity index (χ4v) is 4.46. The molecular weight excluding hydrogens is 416 g/mol. The lowest BCUT2D eigenvalue weighted by Gasteiger charge is -2.30. The molecule has 0 spiro atoms. The van der Waals surface area contributed by atoms with Crippen LogP contribution >= 0.6 is 0 Å². The van der Waals surface area contributed by atoms with E-state index in [9.17, 15) is 4.79 Å². The van der Waals surface area contributed by atoms with E-state index >= 15 is 0 Å². The standard InChI is InChI=1S/C25H26N6O2/c1-15-7-16(2)24(27-11-15)18-9-19-13-30(6-5-21(19)26-12-18)25-17(3)8-22-28-20(14-33-4)10-23(32)31(22)29-25/h7-12H,5-6,13-14H2,1-4H3. The van der Waals surface area contributed by atoms with Gasteiger partial charge in [0.25, 0.3) is 5.56 Å². The number of aromatic nitrogens is 5. The number of pyridine rings is 2. The van der Waals surface area contributed by atoms with Crippen molar-refractivity contribution >= 4 is 11.5 Å². The lowest BCUT2D eigenvalue weighted by atomic mass is 10.00. The molecule has 168 valence electrons. The Morgan fingerprint density at radius 2 is 1.88 bits per heavy atom. The van der Waals surface area contributed by atoms with Crippen LogP contribution in [0.2, 0.25) is 0 Å². The van der Waals surface area contributed by atoms with Crippen LogP contribution in [-0.2, 0) is 24.3 Å². The lowest BCUT2D eigenvalue weighted by Crippen LogP contribution is -2.33. The first kappa shape index (κ1) is 21.2. The van der Waals surface area contributed by atoms with Crippen LogP contribution in [0.4, 0.5) is 5.82 Å². The number of aryl methyl sites for hydroxylation is 3. The minimum atomic E-state index is -0.212. The average Bonchev–Trinajstić information content (AvgIpc) is 2.78. The van der Waals surface area contributed by atoms with Crippen LogP contribution in [0.5, 0.6) is 0 Å². The van der Waals surface area contributed by atoms with Gasteiger partial charge in [0, 0.05) is 56.3 Å². The summed E-state index contributed by atoms with van der Waals surface area (Å²) in [6, 6.07) is 7.70. The second-order valence-electron chi connectivity index (χ2n) is 8.62. The molecule has 33 heavy (non-hydrogen) atoms. The van der Waals surface area contributed by atoms with Crippen LogP contribution in [0.15, 0.2) is 41.5 Å². The van der Waals surface area contributed by atoms with E-state index in [1.807, 2.05) is 32.3 Å². The molecule has 5 heterocycles. The maximum atomic E-state index is 12.6. The third kappa shape index (κ3) is 3.98. The van der Waals surface area contributed by atoms with Crippen molar-refractivity contribution in [1.29, 1.82) is 0 Å². The van der Waals surface area contributed by atoms with Crippen LogP contribution in [0, 0.1) is 20.8 Å². The third-order valence-corrected chi connectivity index (χ3v) is 5.99. The summed E-state index contributed by atoms with van der Waals surface area (Å²) in [5, 5.41) is 4.67. The number of fused-ring (bicyclic) bond motifs is 2. The van der Waals surface area contributed by atoms with Crippen LogP contribution in [0.25, 0.3) is 16.9 Å². The Kier molecular flexibility index (Phi) is 5.38. The summed E-state index contributed by atoms with van der Waals surface area (Å²) >= 11 is 0. The Labute approximate surface area is 191 Å². The molecule has 0 fully saturated rings. The fourth-order valence-electron chi connectivity index (χ4n) is 4.46. The van der Waals surface area contributed by atoms with Crippen molar-refractivity contribution in [2.75, 3.05) is 18.6 Å². The molecule has 5 rings (SSSR count). The van der Waals surface area contributed by atoms with E-state index in [0.717, 1.165) is 58.0 Å². The number of anilines is 1. The van der Waals surface area contributed by atoms with Crippen LogP contribution in [0.3, 0.4) is 0 Å². The van der Waals surface area contributed by atoms with Gasteiger partial charge in [-0.05, 0) is 55.2 Å². The van der Waals surface area contributed by atoms with E-state index in [1.54, 1.807) is 7.11 Å². The molecule has 0 atom stereocenters. The molecule has 0 N–H and O–H groups in total. The van der Waals surface area contributed by atoms with Gasteiger partial charge in [-0.3, -0.25) is 14.8 Å². The molecule has 1 aliphatic rings. The Morgan fingerprint density at radius 1 is 1.03 bits per heavy atom. The van der Waals surface area contributed by atoms with Crippen LogP contribution in [0.1, 0.15) is 33.6 Å². The summed E-state index contributed by atoms with van der Waals surface area (Å²) in [6.45, 7) is 7.87. The van der Waals surface area contributed by atoms with E-state index in [-0.39, 0.29) is 5.56 Å². The van der Waals surface area contributed by atoms with Gasteiger partial charge in [-0.15, -0.1) is 5.10 Å². The van der Waals surface area contributed by atoms with Gasteiger partial charge < -0.3 is 9.64 Å². The molecule has 8 heteroatoms. The van der Waals surface area contributed by atoms with Crippen molar-refractivity contribution in [3.8, 4) is 11.3 Å². The van der Waals surface area contributed by atoms with E-state index in [0.29, 0.717) is 24.5 Å². The highest BCUT2D eigenvalue weighted by Gasteiger charge is 2.22. The Bertz CT molecular complexity index is 1430. The number of hydrogen-bond donors (Lipinski definition) is 0. The van der Waals surface area contributed by atoms with Crippen molar-refractivity contribution in [3.63, 3.8) is 0 Å². The summed E-state index contributed by atoms with van der Waals surface area (Å²) in [7, 11) is 1.58. The lowest BCUT2D eigenvalue weighted by molar-refractivity contribution is 0.181. The van der Waals surface area contributed by atoms with Gasteiger partial charge in [-0.2, -0.15) is 4.52 Å². The molecule has 1 aliphatic heterocycles. The molecule has 8 nitrogen and oxygen atoms in total. The normalized spacial score (nSPS) is 13.4. The van der Waals surface area contributed by atoms with E-state index in [1.165, 1.54) is 10.6 Å². The van der Waals surface area contributed by atoms with E-state index < -0.39 is 0 Å². The Hall–Kier alpha value is -3.65. The Balaban J connectivity index is 1.50. The summed E-state index contributed by atoms with van der Waals surface area (Å²) in [6.07, 6.45) is 4.62. The molecule has 0 saturated heterocycles. The summed E-state index contributed by atoms with van der Waals surface area (Å²) < 4.78 is 6.49. The van der Waals surface area contributed by atoms with Gasteiger partial charge in [0.15, 0.2) is 11.5 Å². The summed E-state index contributed by atoms with van der Waals surface area (Å²) in [5.41, 5.74) is 8.39. The van der Waals surface area contributed by atoms with Crippen molar-refractivity contribution in [3.05, 3.63) is 80.7 Å². The molecule has 0 radical (unpaired) electrons. The first-order valence-corrected chi connectivity index (χ1v) is 11.0. The van der Waals surface area contributed by atoms with Crippen molar-refractivity contribution in [2.24, 2.45) is 0 Å². The van der Waals surface area contributed by atoms with Gasteiger partial charge >= 0.3 is 0 Å². The van der Waals surface area contributed by atoms with E-state index in [4.69, 9.17) is 9.72 Å². The first-order chi connectivity index (χ1) is 15.9. The van der Waals surface area contributed by atoms with Crippen molar-refractivity contribution in [2.45, 2.75) is 40.3 Å². The van der Waals surface area contributed by atoms with Crippen molar-refractivity contribution < 1.29 is 4.74 Å². The van der Waals surface area contributed by atoms with Gasteiger partial charge in [0.05, 0.1) is 18.0 Å². The number of methoxy groups -OCH3 is 1. The molecular formula is C25H26N6O2. The molecule has 0 amide bonds. The number of hydrogen-bond acceptors (Lipinski definition) is 7. The number of nitrogens with zero attached hydrogens (tertiary/aromatic N) is 6. The monoisotopic (exact) mass is 442 g/mol. The SMILES string of the molecule is COCc1cc(=O)n2nc(N3CCc4ncc(-c5ncc(C)cc5C)cc4C3)c(C)cc2n1. The molecule has 0 aliphatic carbocycles. The second kappa shape index (κ2) is 8.37. The van der Waals surface area contributed by atoms with Gasteiger partial charge in [-0.25, -0.2) is 4.98 Å².